The maximum Gasteiger partial charge on any atom is 0.240 e. The molecule has 0 aliphatic carbocycles. The predicted molar refractivity (Wildman–Crippen MR) is 65.6 cm³/mol. The summed E-state index contributed by atoms with van der Waals surface area (Å²) in [5.41, 5.74) is 0. The van der Waals surface area contributed by atoms with Crippen LogP contribution in [0.3, 0.4) is 0 Å². The zero-order valence-electron chi connectivity index (χ0n) is 9.24. The van der Waals surface area contributed by atoms with Gasteiger partial charge in [-0.05, 0) is 25.3 Å². The van der Waals surface area contributed by atoms with Gasteiger partial charge in [0.15, 0.2) is 0 Å². The molecule has 0 saturated heterocycles. The van der Waals surface area contributed by atoms with Gasteiger partial charge in [0.1, 0.15) is 5.38 Å². The Morgan fingerprint density at radius 3 is 2.73 bits per heavy atom. The van der Waals surface area contributed by atoms with Crippen molar-refractivity contribution < 1.29 is 4.79 Å². The van der Waals surface area contributed by atoms with Crippen LogP contribution in [0.15, 0.2) is 17.5 Å². The fourth-order valence-corrected chi connectivity index (χ4v) is 2.34. The molecule has 0 spiro atoms. The summed E-state index contributed by atoms with van der Waals surface area (Å²) >= 11 is 7.48. The monoisotopic (exact) mass is 245 g/mol. The van der Waals surface area contributed by atoms with Crippen LogP contribution in [0.5, 0.6) is 0 Å². The van der Waals surface area contributed by atoms with Gasteiger partial charge >= 0.3 is 0 Å². The van der Waals surface area contributed by atoms with Gasteiger partial charge < -0.3 is 4.90 Å². The lowest BCUT2D eigenvalue weighted by Gasteiger charge is -2.25. The predicted octanol–water partition coefficient (Wildman–Crippen LogP) is 2.76. The van der Waals surface area contributed by atoms with Crippen LogP contribution in [0.4, 0.5) is 0 Å². The molecule has 0 bridgehead atoms. The minimum absolute atomic E-state index is 0.0132. The summed E-state index contributed by atoms with van der Waals surface area (Å²) < 4.78 is 0. The van der Waals surface area contributed by atoms with E-state index in [1.165, 1.54) is 4.88 Å². The van der Waals surface area contributed by atoms with Crippen molar-refractivity contribution in [2.45, 2.75) is 31.7 Å². The second-order valence-corrected chi connectivity index (χ2v) is 5.38. The minimum Gasteiger partial charge on any atom is -0.341 e. The molecule has 0 N–H and O–H groups in total. The van der Waals surface area contributed by atoms with Crippen molar-refractivity contribution in [3.63, 3.8) is 0 Å². The molecule has 1 heterocycles. The fourth-order valence-electron chi connectivity index (χ4n) is 1.35. The Bertz CT molecular complexity index is 310. The highest BCUT2D eigenvalue weighted by Gasteiger charge is 2.19. The standard InChI is InChI=1S/C11H16ClNOS/c1-8(7-10-5-4-6-15-10)13(3)11(14)9(2)12/h4-6,8-9H,7H2,1-3H3. The molecule has 1 rings (SSSR count). The van der Waals surface area contributed by atoms with Crippen LogP contribution in [0, 0.1) is 0 Å². The van der Waals surface area contributed by atoms with Crippen molar-refractivity contribution in [2.24, 2.45) is 0 Å². The largest absolute Gasteiger partial charge is 0.341 e. The van der Waals surface area contributed by atoms with E-state index < -0.39 is 5.38 Å². The van der Waals surface area contributed by atoms with E-state index in [0.717, 1.165) is 6.42 Å². The molecule has 0 aliphatic heterocycles. The van der Waals surface area contributed by atoms with Gasteiger partial charge in [-0.3, -0.25) is 4.79 Å². The number of likely N-dealkylation sites (N-methyl/N-ethyl adjacent to an activating group) is 1. The number of hydrogen-bond donors (Lipinski definition) is 0. The average molecular weight is 246 g/mol. The van der Waals surface area contributed by atoms with Gasteiger partial charge in [0.2, 0.25) is 5.91 Å². The molecule has 2 nitrogen and oxygen atoms in total. The second kappa shape index (κ2) is 5.52. The van der Waals surface area contributed by atoms with Crippen LogP contribution in [0.1, 0.15) is 18.7 Å². The molecule has 2 unspecified atom stereocenters. The molecule has 0 saturated carbocycles. The van der Waals surface area contributed by atoms with E-state index in [2.05, 4.69) is 6.07 Å². The number of carbonyl (C=O) groups is 1. The quantitative estimate of drug-likeness (QED) is 0.747. The van der Waals surface area contributed by atoms with E-state index in [1.54, 1.807) is 30.2 Å². The molecule has 15 heavy (non-hydrogen) atoms. The summed E-state index contributed by atoms with van der Waals surface area (Å²) in [5.74, 6) is -0.0132. The van der Waals surface area contributed by atoms with Gasteiger partial charge in [-0.15, -0.1) is 22.9 Å². The van der Waals surface area contributed by atoms with Crippen LogP contribution in [-0.4, -0.2) is 29.3 Å². The van der Waals surface area contributed by atoms with Gasteiger partial charge in [-0.25, -0.2) is 0 Å². The van der Waals surface area contributed by atoms with Gasteiger partial charge in [0.25, 0.3) is 0 Å². The van der Waals surface area contributed by atoms with E-state index >= 15 is 0 Å². The van der Waals surface area contributed by atoms with E-state index in [4.69, 9.17) is 11.6 Å². The molecule has 4 heteroatoms. The maximum atomic E-state index is 11.6. The first-order valence-electron chi connectivity index (χ1n) is 4.95. The molecule has 0 aromatic carbocycles. The number of nitrogens with zero attached hydrogens (tertiary/aromatic N) is 1. The number of rotatable bonds is 4. The Labute approximate surface area is 99.9 Å². The smallest absolute Gasteiger partial charge is 0.240 e. The molecule has 1 aromatic heterocycles. The SMILES string of the molecule is CC(Cl)C(=O)N(C)C(C)Cc1cccs1. The number of alkyl halides is 1. The lowest BCUT2D eigenvalue weighted by atomic mass is 10.2. The van der Waals surface area contributed by atoms with E-state index in [0.29, 0.717) is 0 Å². The van der Waals surface area contributed by atoms with Gasteiger partial charge in [-0.2, -0.15) is 0 Å². The van der Waals surface area contributed by atoms with E-state index in [9.17, 15) is 4.79 Å². The maximum absolute atomic E-state index is 11.6. The Kier molecular flexibility index (Phi) is 4.61. The molecular weight excluding hydrogens is 230 g/mol. The summed E-state index contributed by atoms with van der Waals surface area (Å²) in [6, 6.07) is 4.31. The van der Waals surface area contributed by atoms with Crippen LogP contribution < -0.4 is 0 Å². The topological polar surface area (TPSA) is 20.3 Å². The van der Waals surface area contributed by atoms with E-state index in [-0.39, 0.29) is 11.9 Å². The van der Waals surface area contributed by atoms with Gasteiger partial charge in [0.05, 0.1) is 0 Å². The summed E-state index contributed by atoms with van der Waals surface area (Å²) in [5, 5.41) is 1.61. The Morgan fingerprint density at radius 2 is 2.27 bits per heavy atom. The third kappa shape index (κ3) is 3.50. The fraction of sp³-hybridized carbons (Fsp3) is 0.545. The van der Waals surface area contributed by atoms with Crippen molar-refractivity contribution in [3.05, 3.63) is 22.4 Å². The van der Waals surface area contributed by atoms with Crippen LogP contribution in [0.2, 0.25) is 0 Å². The number of thiophene rings is 1. The summed E-state index contributed by atoms with van der Waals surface area (Å²) in [6.45, 7) is 3.75. The highest BCUT2D eigenvalue weighted by atomic mass is 35.5. The number of amides is 1. The van der Waals surface area contributed by atoms with Crippen molar-refractivity contribution in [1.29, 1.82) is 0 Å². The number of hydrogen-bond acceptors (Lipinski definition) is 2. The van der Waals surface area contributed by atoms with Crippen molar-refractivity contribution >= 4 is 28.8 Å². The molecular formula is C11H16ClNOS. The van der Waals surface area contributed by atoms with Crippen LogP contribution in [0.25, 0.3) is 0 Å². The van der Waals surface area contributed by atoms with Crippen LogP contribution >= 0.6 is 22.9 Å². The third-order valence-electron chi connectivity index (χ3n) is 2.43. The Morgan fingerprint density at radius 1 is 1.60 bits per heavy atom. The zero-order valence-corrected chi connectivity index (χ0v) is 10.8. The number of carbonyl (C=O) groups excluding carboxylic acids is 1. The molecule has 2 atom stereocenters. The highest BCUT2D eigenvalue weighted by Crippen LogP contribution is 2.14. The average Bonchev–Trinajstić information content (AvgIpc) is 2.67. The number of halogens is 1. The van der Waals surface area contributed by atoms with Crippen molar-refractivity contribution in [2.75, 3.05) is 7.05 Å². The molecule has 1 amide bonds. The highest BCUT2D eigenvalue weighted by molar-refractivity contribution is 7.09. The third-order valence-corrected chi connectivity index (χ3v) is 3.51. The van der Waals surface area contributed by atoms with Gasteiger partial charge in [0, 0.05) is 24.4 Å². The molecule has 0 radical (unpaired) electrons. The molecule has 1 aromatic rings. The second-order valence-electron chi connectivity index (χ2n) is 3.70. The minimum atomic E-state index is -0.444. The lowest BCUT2D eigenvalue weighted by molar-refractivity contribution is -0.130. The zero-order chi connectivity index (χ0) is 11.4. The normalized spacial score (nSPS) is 14.7. The molecule has 84 valence electrons. The lowest BCUT2D eigenvalue weighted by Crippen LogP contribution is -2.39. The van der Waals surface area contributed by atoms with Gasteiger partial charge in [-0.1, -0.05) is 6.07 Å². The van der Waals surface area contributed by atoms with Crippen LogP contribution in [-0.2, 0) is 11.2 Å². The summed E-state index contributed by atoms with van der Waals surface area (Å²) in [7, 11) is 1.81. The summed E-state index contributed by atoms with van der Waals surface area (Å²) in [6.07, 6.45) is 0.892. The van der Waals surface area contributed by atoms with E-state index in [1.807, 2.05) is 18.4 Å². The first-order valence-corrected chi connectivity index (χ1v) is 6.27. The molecule has 0 aliphatic rings. The summed E-state index contributed by atoms with van der Waals surface area (Å²) in [4.78, 5) is 14.6. The first-order chi connectivity index (χ1) is 7.02. The van der Waals surface area contributed by atoms with Crippen molar-refractivity contribution in [3.8, 4) is 0 Å². The Hall–Kier alpha value is -0.540. The Balaban J connectivity index is 2.53. The van der Waals surface area contributed by atoms with Crippen molar-refractivity contribution in [1.82, 2.24) is 4.90 Å². The first kappa shape index (κ1) is 12.5. The molecule has 0 fully saturated rings.